The van der Waals surface area contributed by atoms with Gasteiger partial charge >= 0.3 is 0 Å². The number of methoxy groups -OCH3 is 1. The monoisotopic (exact) mass is 273 g/mol. The van der Waals surface area contributed by atoms with Gasteiger partial charge in [0.25, 0.3) is 0 Å². The summed E-state index contributed by atoms with van der Waals surface area (Å²) < 4.78 is 15.6. The Kier molecular flexibility index (Phi) is 9.06. The van der Waals surface area contributed by atoms with Crippen LogP contribution in [0.5, 0.6) is 0 Å². The number of hydrogen-bond donors (Lipinski definition) is 1. The maximum absolute atomic E-state index is 5.44. The number of rotatable bonds is 11. The van der Waals surface area contributed by atoms with Crippen molar-refractivity contribution >= 4 is 11.3 Å². The van der Waals surface area contributed by atoms with Crippen molar-refractivity contribution in [3.05, 3.63) is 21.9 Å². The Morgan fingerprint density at radius 1 is 1.11 bits per heavy atom. The highest BCUT2D eigenvalue weighted by atomic mass is 32.1. The van der Waals surface area contributed by atoms with Gasteiger partial charge < -0.3 is 19.5 Å². The molecule has 4 nitrogen and oxygen atoms in total. The molecule has 0 aliphatic heterocycles. The second-order valence-corrected chi connectivity index (χ2v) is 4.92. The molecule has 0 unspecified atom stereocenters. The van der Waals surface area contributed by atoms with Crippen LogP contribution in [-0.2, 0) is 20.8 Å². The molecular weight excluding hydrogens is 250 g/mol. The van der Waals surface area contributed by atoms with Crippen LogP contribution in [0.1, 0.15) is 10.4 Å². The van der Waals surface area contributed by atoms with Gasteiger partial charge in [0.05, 0.1) is 33.0 Å². The third-order valence-electron chi connectivity index (χ3n) is 2.48. The molecule has 1 N–H and O–H groups in total. The van der Waals surface area contributed by atoms with Crippen molar-refractivity contribution in [2.75, 3.05) is 46.7 Å². The first-order valence-corrected chi connectivity index (χ1v) is 7.10. The summed E-state index contributed by atoms with van der Waals surface area (Å²) in [6.07, 6.45) is 0. The quantitative estimate of drug-likeness (QED) is 0.624. The molecule has 1 aromatic rings. The van der Waals surface area contributed by atoms with Gasteiger partial charge in [-0.2, -0.15) is 0 Å². The first kappa shape index (κ1) is 15.6. The van der Waals surface area contributed by atoms with E-state index in [0.29, 0.717) is 26.4 Å². The van der Waals surface area contributed by atoms with Crippen molar-refractivity contribution in [3.63, 3.8) is 0 Å². The molecule has 1 rings (SSSR count). The molecule has 0 saturated carbocycles. The largest absolute Gasteiger partial charge is 0.382 e. The highest BCUT2D eigenvalue weighted by molar-refractivity contribution is 7.10. The van der Waals surface area contributed by atoms with Crippen molar-refractivity contribution < 1.29 is 14.2 Å². The fraction of sp³-hybridized carbons (Fsp3) is 0.692. The van der Waals surface area contributed by atoms with Crippen LogP contribution in [0.4, 0.5) is 0 Å². The number of thiophene rings is 1. The summed E-state index contributed by atoms with van der Waals surface area (Å²) in [5, 5.41) is 5.49. The molecule has 0 saturated heterocycles. The van der Waals surface area contributed by atoms with Crippen molar-refractivity contribution in [3.8, 4) is 0 Å². The van der Waals surface area contributed by atoms with E-state index < -0.39 is 0 Å². The zero-order valence-corrected chi connectivity index (χ0v) is 12.1. The molecule has 0 aromatic carbocycles. The number of ether oxygens (including phenoxy) is 3. The lowest BCUT2D eigenvalue weighted by Gasteiger charge is -2.06. The van der Waals surface area contributed by atoms with Gasteiger partial charge in [-0.25, -0.2) is 0 Å². The molecule has 0 aliphatic rings. The van der Waals surface area contributed by atoms with Crippen LogP contribution in [0.2, 0.25) is 0 Å². The van der Waals surface area contributed by atoms with Gasteiger partial charge in [0, 0.05) is 25.1 Å². The Balaban J connectivity index is 1.83. The average molecular weight is 273 g/mol. The van der Waals surface area contributed by atoms with Crippen LogP contribution < -0.4 is 5.32 Å². The highest BCUT2D eigenvalue weighted by Gasteiger charge is 1.98. The molecule has 1 heterocycles. The van der Waals surface area contributed by atoms with E-state index in [1.807, 2.05) is 0 Å². The van der Waals surface area contributed by atoms with E-state index in [4.69, 9.17) is 14.2 Å². The first-order chi connectivity index (χ1) is 8.84. The van der Waals surface area contributed by atoms with E-state index in [0.717, 1.165) is 19.7 Å². The fourth-order valence-electron chi connectivity index (χ4n) is 1.40. The maximum atomic E-state index is 5.44. The predicted octanol–water partition coefficient (Wildman–Crippen LogP) is 1.83. The van der Waals surface area contributed by atoms with Gasteiger partial charge in [-0.15, -0.1) is 11.3 Å². The third kappa shape index (κ3) is 7.08. The lowest BCUT2D eigenvalue weighted by molar-refractivity contribution is 0.0255. The summed E-state index contributed by atoms with van der Waals surface area (Å²) in [5.41, 5.74) is 1.36. The van der Waals surface area contributed by atoms with E-state index in [1.54, 1.807) is 18.4 Å². The lowest BCUT2D eigenvalue weighted by atomic mass is 10.3. The summed E-state index contributed by atoms with van der Waals surface area (Å²) in [6.45, 7) is 7.21. The molecule has 5 heteroatoms. The number of hydrogen-bond acceptors (Lipinski definition) is 5. The highest BCUT2D eigenvalue weighted by Crippen LogP contribution is 2.14. The summed E-state index contributed by atoms with van der Waals surface area (Å²) in [7, 11) is 1.67. The number of aryl methyl sites for hydroxylation is 1. The Morgan fingerprint density at radius 2 is 1.83 bits per heavy atom. The zero-order chi connectivity index (χ0) is 13.1. The van der Waals surface area contributed by atoms with E-state index >= 15 is 0 Å². The normalized spacial score (nSPS) is 11.0. The summed E-state index contributed by atoms with van der Waals surface area (Å²) >= 11 is 1.79. The zero-order valence-electron chi connectivity index (χ0n) is 11.2. The Labute approximate surface area is 113 Å². The van der Waals surface area contributed by atoms with E-state index in [-0.39, 0.29) is 0 Å². The van der Waals surface area contributed by atoms with Gasteiger partial charge in [0.2, 0.25) is 0 Å². The molecular formula is C13H23NO3S. The molecule has 1 aromatic heterocycles. The average Bonchev–Trinajstić information content (AvgIpc) is 2.77. The van der Waals surface area contributed by atoms with Crippen molar-refractivity contribution in [2.24, 2.45) is 0 Å². The van der Waals surface area contributed by atoms with Gasteiger partial charge in [0.1, 0.15) is 0 Å². The Hall–Kier alpha value is -0.460. The SMILES string of the molecule is COCCOCCOCCNCc1sccc1C. The van der Waals surface area contributed by atoms with Gasteiger partial charge in [-0.1, -0.05) is 0 Å². The Morgan fingerprint density at radius 3 is 2.50 bits per heavy atom. The third-order valence-corrected chi connectivity index (χ3v) is 3.50. The molecule has 0 spiro atoms. The van der Waals surface area contributed by atoms with Crippen molar-refractivity contribution in [2.45, 2.75) is 13.5 Å². The van der Waals surface area contributed by atoms with Crippen LogP contribution in [0.15, 0.2) is 11.4 Å². The van der Waals surface area contributed by atoms with Crippen LogP contribution in [0.3, 0.4) is 0 Å². The molecule has 0 bridgehead atoms. The lowest BCUT2D eigenvalue weighted by Crippen LogP contribution is -2.20. The second-order valence-electron chi connectivity index (χ2n) is 3.92. The van der Waals surface area contributed by atoms with Crippen LogP contribution in [-0.4, -0.2) is 46.7 Å². The minimum absolute atomic E-state index is 0.632. The minimum atomic E-state index is 0.632. The number of nitrogens with one attached hydrogen (secondary N) is 1. The smallest absolute Gasteiger partial charge is 0.0701 e. The molecule has 0 fully saturated rings. The molecule has 0 atom stereocenters. The second kappa shape index (κ2) is 10.5. The van der Waals surface area contributed by atoms with Gasteiger partial charge in [-0.3, -0.25) is 0 Å². The molecule has 0 amide bonds. The Bertz CT molecular complexity index is 304. The molecule has 18 heavy (non-hydrogen) atoms. The van der Waals surface area contributed by atoms with E-state index in [1.165, 1.54) is 10.4 Å². The van der Waals surface area contributed by atoms with Crippen molar-refractivity contribution in [1.82, 2.24) is 5.32 Å². The van der Waals surface area contributed by atoms with E-state index in [9.17, 15) is 0 Å². The summed E-state index contributed by atoms with van der Waals surface area (Å²) in [4.78, 5) is 1.40. The van der Waals surface area contributed by atoms with Crippen molar-refractivity contribution in [1.29, 1.82) is 0 Å². The maximum Gasteiger partial charge on any atom is 0.0701 e. The van der Waals surface area contributed by atoms with Crippen LogP contribution >= 0.6 is 11.3 Å². The molecule has 104 valence electrons. The topological polar surface area (TPSA) is 39.7 Å². The van der Waals surface area contributed by atoms with E-state index in [2.05, 4.69) is 23.7 Å². The minimum Gasteiger partial charge on any atom is -0.382 e. The fourth-order valence-corrected chi connectivity index (χ4v) is 2.27. The van der Waals surface area contributed by atoms with Crippen LogP contribution in [0, 0.1) is 6.92 Å². The summed E-state index contributed by atoms with van der Waals surface area (Å²) in [6, 6.07) is 2.15. The predicted molar refractivity (Wildman–Crippen MR) is 74.3 cm³/mol. The standard InChI is InChI=1S/C13H23NO3S/c1-12-3-10-18-13(12)11-14-4-5-16-8-9-17-7-6-15-2/h3,10,14H,4-9,11H2,1-2H3. The molecule has 0 aliphatic carbocycles. The first-order valence-electron chi connectivity index (χ1n) is 6.22. The van der Waals surface area contributed by atoms with Crippen LogP contribution in [0.25, 0.3) is 0 Å². The van der Waals surface area contributed by atoms with Gasteiger partial charge in [-0.05, 0) is 23.9 Å². The van der Waals surface area contributed by atoms with Gasteiger partial charge in [0.15, 0.2) is 0 Å². The molecule has 0 radical (unpaired) electrons. The summed E-state index contributed by atoms with van der Waals surface area (Å²) in [5.74, 6) is 0.